The average molecular weight is 377 g/mol. The maximum absolute atomic E-state index is 12.4. The van der Waals surface area contributed by atoms with Gasteiger partial charge >= 0.3 is 0 Å². The van der Waals surface area contributed by atoms with Gasteiger partial charge in [0.25, 0.3) is 5.69 Å². The molecular weight excluding hydrogens is 354 g/mol. The van der Waals surface area contributed by atoms with Gasteiger partial charge in [-0.05, 0) is 39.8 Å². The molecule has 1 heterocycles. The van der Waals surface area contributed by atoms with Crippen LogP contribution in [0, 0.1) is 10.1 Å². The van der Waals surface area contributed by atoms with Crippen LogP contribution in [0.3, 0.4) is 0 Å². The molecule has 1 aromatic rings. The Balaban J connectivity index is 2.15. The normalized spacial score (nSPS) is 12.9. The maximum Gasteiger partial charge on any atom is 0.280 e. The fourth-order valence-corrected chi connectivity index (χ4v) is 2.48. The van der Waals surface area contributed by atoms with Crippen molar-refractivity contribution in [1.29, 1.82) is 0 Å². The predicted molar refractivity (Wildman–Crippen MR) is 98.4 cm³/mol. The Morgan fingerprint density at radius 2 is 1.93 bits per heavy atom. The molecule has 0 bridgehead atoms. The van der Waals surface area contributed by atoms with Crippen molar-refractivity contribution in [3.8, 4) is 11.5 Å². The van der Waals surface area contributed by atoms with Gasteiger partial charge in [-0.15, -0.1) is 0 Å². The maximum atomic E-state index is 12.4. The zero-order chi connectivity index (χ0) is 20.2. The number of rotatable bonds is 6. The molecule has 0 aliphatic carbocycles. The minimum Gasteiger partial charge on any atom is -0.454 e. The van der Waals surface area contributed by atoms with E-state index in [1.54, 1.807) is 6.92 Å². The number of nitro groups is 1. The molecule has 0 spiro atoms. The second-order valence-corrected chi connectivity index (χ2v) is 7.01. The zero-order valence-corrected chi connectivity index (χ0v) is 15.8. The Morgan fingerprint density at radius 3 is 2.48 bits per heavy atom. The van der Waals surface area contributed by atoms with Gasteiger partial charge in [0, 0.05) is 18.2 Å². The first kappa shape index (κ1) is 20.2. The third kappa shape index (κ3) is 5.44. The van der Waals surface area contributed by atoms with Gasteiger partial charge in [0.05, 0.1) is 23.1 Å². The summed E-state index contributed by atoms with van der Waals surface area (Å²) in [4.78, 5) is 36.5. The number of hydrogen-bond donors (Lipinski definition) is 1. The number of carbonyl (C=O) groups is 2. The highest BCUT2D eigenvalue weighted by Crippen LogP contribution is 2.38. The largest absolute Gasteiger partial charge is 0.454 e. The number of likely N-dealkylation sites (N-methyl/N-ethyl adjacent to an activating group) is 1. The van der Waals surface area contributed by atoms with Crippen molar-refractivity contribution >= 4 is 23.6 Å². The number of fused-ring (bicyclic) bond motifs is 1. The lowest BCUT2D eigenvalue weighted by molar-refractivity contribution is -0.385. The Morgan fingerprint density at radius 1 is 1.30 bits per heavy atom. The summed E-state index contributed by atoms with van der Waals surface area (Å²) in [6, 6.07) is 2.72. The molecule has 0 saturated carbocycles. The van der Waals surface area contributed by atoms with Crippen molar-refractivity contribution in [2.24, 2.45) is 0 Å². The van der Waals surface area contributed by atoms with Gasteiger partial charge < -0.3 is 19.7 Å². The topological polar surface area (TPSA) is 111 Å². The van der Waals surface area contributed by atoms with Crippen molar-refractivity contribution < 1.29 is 24.0 Å². The second-order valence-electron chi connectivity index (χ2n) is 7.01. The van der Waals surface area contributed by atoms with E-state index in [1.165, 1.54) is 29.2 Å². The lowest BCUT2D eigenvalue weighted by Gasteiger charge is -2.24. The van der Waals surface area contributed by atoms with Crippen molar-refractivity contribution in [3.05, 3.63) is 33.9 Å². The third-order valence-corrected chi connectivity index (χ3v) is 3.67. The molecule has 0 aromatic heterocycles. The van der Waals surface area contributed by atoms with Crippen LogP contribution in [0.2, 0.25) is 0 Å². The monoisotopic (exact) mass is 377 g/mol. The molecule has 0 unspecified atom stereocenters. The lowest BCUT2D eigenvalue weighted by atomic mass is 10.1. The van der Waals surface area contributed by atoms with Gasteiger partial charge in [0.2, 0.25) is 18.6 Å². The molecule has 2 rings (SSSR count). The molecule has 9 heteroatoms. The number of nitrogens with zero attached hydrogens (tertiary/aromatic N) is 2. The van der Waals surface area contributed by atoms with Crippen LogP contribution in [-0.2, 0) is 9.59 Å². The molecule has 2 amide bonds. The molecule has 1 N–H and O–H groups in total. The summed E-state index contributed by atoms with van der Waals surface area (Å²) in [5.41, 5.74) is -0.382. The van der Waals surface area contributed by atoms with E-state index in [0.717, 1.165) is 0 Å². The van der Waals surface area contributed by atoms with Gasteiger partial charge in [-0.1, -0.05) is 0 Å². The number of ether oxygens (including phenoxy) is 2. The fraction of sp³-hybridized carbons (Fsp3) is 0.444. The van der Waals surface area contributed by atoms with Gasteiger partial charge in [-0.3, -0.25) is 19.7 Å². The van der Waals surface area contributed by atoms with Gasteiger partial charge in [-0.25, -0.2) is 0 Å². The Bertz CT molecular complexity index is 782. The summed E-state index contributed by atoms with van der Waals surface area (Å²) in [5.74, 6) is -0.0301. The van der Waals surface area contributed by atoms with E-state index < -0.39 is 16.4 Å². The van der Waals surface area contributed by atoms with E-state index in [1.807, 2.05) is 20.8 Å². The molecule has 1 aromatic carbocycles. The van der Waals surface area contributed by atoms with Crippen LogP contribution in [0.5, 0.6) is 11.5 Å². The number of carbonyl (C=O) groups excluding carboxylic acids is 2. The number of amides is 2. The highest BCUT2D eigenvalue weighted by molar-refractivity contribution is 5.95. The van der Waals surface area contributed by atoms with Crippen LogP contribution in [0.1, 0.15) is 33.3 Å². The molecule has 0 fully saturated rings. The minimum atomic E-state index is -0.555. The molecule has 146 valence electrons. The molecule has 1 aliphatic rings. The fourth-order valence-electron chi connectivity index (χ4n) is 2.48. The Hall–Kier alpha value is -3.10. The number of nitro benzene ring substituents is 1. The van der Waals surface area contributed by atoms with Crippen molar-refractivity contribution in [2.45, 2.75) is 33.2 Å². The van der Waals surface area contributed by atoms with Crippen molar-refractivity contribution in [2.75, 3.05) is 19.9 Å². The third-order valence-electron chi connectivity index (χ3n) is 3.67. The van der Waals surface area contributed by atoms with E-state index in [-0.39, 0.29) is 30.5 Å². The summed E-state index contributed by atoms with van der Waals surface area (Å²) in [5, 5.41) is 14.0. The molecule has 0 saturated heterocycles. The molecule has 0 radical (unpaired) electrons. The predicted octanol–water partition coefficient (Wildman–Crippen LogP) is 2.10. The molecule has 9 nitrogen and oxygen atoms in total. The summed E-state index contributed by atoms with van der Waals surface area (Å²) < 4.78 is 10.4. The zero-order valence-electron chi connectivity index (χ0n) is 15.8. The van der Waals surface area contributed by atoms with Gasteiger partial charge in [0.1, 0.15) is 0 Å². The van der Waals surface area contributed by atoms with Crippen LogP contribution in [0.4, 0.5) is 5.69 Å². The first-order chi connectivity index (χ1) is 12.6. The van der Waals surface area contributed by atoms with Crippen LogP contribution in [0.25, 0.3) is 6.08 Å². The van der Waals surface area contributed by atoms with Crippen LogP contribution in [-0.4, -0.2) is 47.1 Å². The minimum absolute atomic E-state index is 0.00884. The van der Waals surface area contributed by atoms with Crippen molar-refractivity contribution in [1.82, 2.24) is 10.2 Å². The summed E-state index contributed by atoms with van der Waals surface area (Å²) in [6.07, 6.45) is 2.55. The number of nitrogens with one attached hydrogen (secondary N) is 1. The van der Waals surface area contributed by atoms with E-state index in [2.05, 4.69) is 5.32 Å². The highest BCUT2D eigenvalue weighted by atomic mass is 16.7. The number of hydrogen-bond acceptors (Lipinski definition) is 6. The SMILES string of the molecule is CCN(CC(=O)NC(C)(C)C)C(=O)C=Cc1cc2c(cc1[N+](=O)[O-])OCO2. The molecule has 1 aliphatic heterocycles. The summed E-state index contributed by atoms with van der Waals surface area (Å²) in [6.45, 7) is 7.51. The standard InChI is InChI=1S/C18H23N3O6/c1-5-20(10-16(22)19-18(2,3)4)17(23)7-6-12-8-14-15(27-11-26-14)9-13(12)21(24)25/h6-9H,5,10-11H2,1-4H3,(H,19,22). The second kappa shape index (κ2) is 8.07. The molecule has 27 heavy (non-hydrogen) atoms. The van der Waals surface area contributed by atoms with Crippen molar-refractivity contribution in [3.63, 3.8) is 0 Å². The first-order valence-electron chi connectivity index (χ1n) is 8.46. The quantitative estimate of drug-likeness (QED) is 0.462. The van der Waals surface area contributed by atoms with E-state index in [0.29, 0.717) is 18.0 Å². The van der Waals surface area contributed by atoms with Gasteiger partial charge in [0.15, 0.2) is 11.5 Å². The number of benzene rings is 1. The molecule has 0 atom stereocenters. The summed E-state index contributed by atoms with van der Waals surface area (Å²) >= 11 is 0. The van der Waals surface area contributed by atoms with Crippen LogP contribution in [0.15, 0.2) is 18.2 Å². The lowest BCUT2D eigenvalue weighted by Crippen LogP contribution is -2.47. The van der Waals surface area contributed by atoms with Crippen LogP contribution >= 0.6 is 0 Å². The molecular formula is C18H23N3O6. The Labute approximate surface area is 157 Å². The first-order valence-corrected chi connectivity index (χ1v) is 8.46. The summed E-state index contributed by atoms with van der Waals surface area (Å²) in [7, 11) is 0. The average Bonchev–Trinajstić information content (AvgIpc) is 3.02. The van der Waals surface area contributed by atoms with Crippen LogP contribution < -0.4 is 14.8 Å². The Kier molecular flexibility index (Phi) is 6.04. The van der Waals surface area contributed by atoms with E-state index in [9.17, 15) is 19.7 Å². The highest BCUT2D eigenvalue weighted by Gasteiger charge is 2.23. The van der Waals surface area contributed by atoms with E-state index >= 15 is 0 Å². The van der Waals surface area contributed by atoms with Gasteiger partial charge in [-0.2, -0.15) is 0 Å². The smallest absolute Gasteiger partial charge is 0.280 e. The van der Waals surface area contributed by atoms with E-state index in [4.69, 9.17) is 9.47 Å².